The Hall–Kier alpha value is -1.08. The summed E-state index contributed by atoms with van der Waals surface area (Å²) in [5.41, 5.74) is 3.07. The van der Waals surface area contributed by atoms with E-state index in [1.807, 2.05) is 0 Å². The molecule has 1 aliphatic carbocycles. The van der Waals surface area contributed by atoms with Crippen LogP contribution in [0.4, 0.5) is 0 Å². The topological polar surface area (TPSA) is 3.24 Å². The summed E-state index contributed by atoms with van der Waals surface area (Å²) in [6, 6.07) is 10.8. The third kappa shape index (κ3) is 4.01. The van der Waals surface area contributed by atoms with Gasteiger partial charge >= 0.3 is 0 Å². The Balaban J connectivity index is 1.90. The van der Waals surface area contributed by atoms with Gasteiger partial charge in [-0.2, -0.15) is 0 Å². The van der Waals surface area contributed by atoms with Crippen molar-refractivity contribution < 1.29 is 0 Å². The molecule has 1 nitrogen and oxygen atoms in total. The lowest BCUT2D eigenvalue weighted by atomic mass is 9.99. The second-order valence-corrected chi connectivity index (χ2v) is 4.90. The molecule has 0 unspecified atom stereocenters. The molecule has 1 aromatic carbocycles. The number of hydrogen-bond acceptors (Lipinski definition) is 1. The van der Waals surface area contributed by atoms with Crippen molar-refractivity contribution >= 4 is 0 Å². The van der Waals surface area contributed by atoms with E-state index in [9.17, 15) is 0 Å². The summed E-state index contributed by atoms with van der Waals surface area (Å²) >= 11 is 0. The van der Waals surface area contributed by atoms with Crippen LogP contribution in [0.15, 0.2) is 42.0 Å². The van der Waals surface area contributed by atoms with Crippen LogP contribution in [0, 0.1) is 0 Å². The van der Waals surface area contributed by atoms with Gasteiger partial charge in [0.15, 0.2) is 0 Å². The van der Waals surface area contributed by atoms with E-state index in [0.717, 1.165) is 19.6 Å². The molecule has 0 aliphatic heterocycles. The van der Waals surface area contributed by atoms with Crippen molar-refractivity contribution in [2.75, 3.05) is 13.1 Å². The highest BCUT2D eigenvalue weighted by atomic mass is 15.1. The first-order valence-electron chi connectivity index (χ1n) is 6.82. The van der Waals surface area contributed by atoms with Gasteiger partial charge in [0.2, 0.25) is 0 Å². The van der Waals surface area contributed by atoms with Gasteiger partial charge in [0.05, 0.1) is 0 Å². The molecular weight excluding hydrogens is 206 g/mol. The smallest absolute Gasteiger partial charge is 0.0237 e. The first-order chi connectivity index (χ1) is 8.38. The van der Waals surface area contributed by atoms with Gasteiger partial charge in [0.1, 0.15) is 0 Å². The van der Waals surface area contributed by atoms with Gasteiger partial charge in [-0.25, -0.2) is 0 Å². The summed E-state index contributed by atoms with van der Waals surface area (Å²) in [5, 5.41) is 0. The number of rotatable bonds is 5. The normalized spacial score (nSPS) is 16.0. The Labute approximate surface area is 105 Å². The molecule has 0 aromatic heterocycles. The first kappa shape index (κ1) is 12.4. The van der Waals surface area contributed by atoms with Crippen LogP contribution in [-0.4, -0.2) is 18.0 Å². The minimum atomic E-state index is 1.08. The van der Waals surface area contributed by atoms with Crippen LogP contribution in [0.1, 0.15) is 38.2 Å². The van der Waals surface area contributed by atoms with Gasteiger partial charge in [-0.05, 0) is 37.8 Å². The van der Waals surface area contributed by atoms with Crippen molar-refractivity contribution in [2.24, 2.45) is 0 Å². The van der Waals surface area contributed by atoms with Crippen molar-refractivity contribution in [1.82, 2.24) is 4.90 Å². The second kappa shape index (κ2) is 6.61. The molecule has 92 valence electrons. The lowest BCUT2D eigenvalue weighted by Crippen LogP contribution is -2.25. The highest BCUT2D eigenvalue weighted by molar-refractivity contribution is 5.15. The number of hydrogen-bond donors (Lipinski definition) is 0. The van der Waals surface area contributed by atoms with Crippen LogP contribution < -0.4 is 0 Å². The number of nitrogens with zero attached hydrogens (tertiary/aromatic N) is 1. The molecular formula is C16H23N. The molecule has 1 aliphatic rings. The van der Waals surface area contributed by atoms with Gasteiger partial charge in [-0.15, -0.1) is 0 Å². The highest BCUT2D eigenvalue weighted by Gasteiger charge is 2.09. The minimum Gasteiger partial charge on any atom is -0.295 e. The van der Waals surface area contributed by atoms with Gasteiger partial charge in [-0.1, -0.05) is 48.9 Å². The quantitative estimate of drug-likeness (QED) is 0.690. The van der Waals surface area contributed by atoms with Crippen molar-refractivity contribution in [3.63, 3.8) is 0 Å². The maximum absolute atomic E-state index is 2.53. The summed E-state index contributed by atoms with van der Waals surface area (Å²) < 4.78 is 0. The van der Waals surface area contributed by atoms with Crippen LogP contribution in [0.3, 0.4) is 0 Å². The monoisotopic (exact) mass is 229 g/mol. The zero-order valence-corrected chi connectivity index (χ0v) is 10.9. The Morgan fingerprint density at radius 1 is 1.06 bits per heavy atom. The van der Waals surface area contributed by atoms with Crippen LogP contribution in [-0.2, 0) is 6.54 Å². The van der Waals surface area contributed by atoms with E-state index < -0.39 is 0 Å². The molecule has 0 N–H and O–H groups in total. The summed E-state index contributed by atoms with van der Waals surface area (Å²) in [4.78, 5) is 2.53. The number of benzene rings is 1. The number of likely N-dealkylation sites (N-methyl/N-ethyl adjacent to an activating group) is 1. The lowest BCUT2D eigenvalue weighted by Gasteiger charge is -2.23. The Morgan fingerprint density at radius 2 is 1.88 bits per heavy atom. The predicted molar refractivity (Wildman–Crippen MR) is 73.9 cm³/mol. The molecule has 0 fully saturated rings. The van der Waals surface area contributed by atoms with Crippen LogP contribution >= 0.6 is 0 Å². The van der Waals surface area contributed by atoms with Crippen LogP contribution in [0.25, 0.3) is 0 Å². The van der Waals surface area contributed by atoms with Gasteiger partial charge in [0, 0.05) is 13.1 Å². The summed E-state index contributed by atoms with van der Waals surface area (Å²) in [5.74, 6) is 0. The van der Waals surface area contributed by atoms with E-state index in [1.165, 1.54) is 31.2 Å². The molecule has 0 saturated heterocycles. The number of allylic oxidation sites excluding steroid dienone is 1. The van der Waals surface area contributed by atoms with Crippen molar-refractivity contribution in [3.05, 3.63) is 47.5 Å². The first-order valence-corrected chi connectivity index (χ1v) is 6.82. The fraction of sp³-hybridized carbons (Fsp3) is 0.500. The Bertz CT molecular complexity index is 353. The van der Waals surface area contributed by atoms with E-state index >= 15 is 0 Å². The minimum absolute atomic E-state index is 1.08. The molecule has 0 amide bonds. The molecule has 0 saturated carbocycles. The molecule has 0 atom stereocenters. The van der Waals surface area contributed by atoms with E-state index in [1.54, 1.807) is 5.57 Å². The zero-order chi connectivity index (χ0) is 11.9. The fourth-order valence-corrected chi connectivity index (χ4v) is 2.46. The average molecular weight is 229 g/mol. The van der Waals surface area contributed by atoms with Crippen molar-refractivity contribution in [2.45, 2.75) is 39.2 Å². The lowest BCUT2D eigenvalue weighted by molar-refractivity contribution is 0.299. The fourth-order valence-electron chi connectivity index (χ4n) is 2.46. The molecule has 1 aromatic rings. The molecule has 17 heavy (non-hydrogen) atoms. The van der Waals surface area contributed by atoms with E-state index in [4.69, 9.17) is 0 Å². The Kier molecular flexibility index (Phi) is 4.81. The van der Waals surface area contributed by atoms with Crippen LogP contribution in [0.2, 0.25) is 0 Å². The SMILES string of the molecule is CCN(CC1=CCCCC1)Cc1ccccc1. The standard InChI is InChI=1S/C16H23N/c1-2-17(13-15-9-5-3-6-10-15)14-16-11-7-4-8-12-16/h3,5-6,9-11H,2,4,7-8,12-14H2,1H3. The van der Waals surface area contributed by atoms with Crippen molar-refractivity contribution in [3.8, 4) is 0 Å². The molecule has 0 bridgehead atoms. The third-order valence-electron chi connectivity index (χ3n) is 3.51. The van der Waals surface area contributed by atoms with Gasteiger partial charge in [0.25, 0.3) is 0 Å². The Morgan fingerprint density at radius 3 is 2.53 bits per heavy atom. The van der Waals surface area contributed by atoms with Gasteiger partial charge < -0.3 is 0 Å². The zero-order valence-electron chi connectivity index (χ0n) is 10.9. The van der Waals surface area contributed by atoms with Gasteiger partial charge in [-0.3, -0.25) is 4.90 Å². The molecule has 0 heterocycles. The van der Waals surface area contributed by atoms with E-state index in [-0.39, 0.29) is 0 Å². The maximum Gasteiger partial charge on any atom is 0.0237 e. The summed E-state index contributed by atoms with van der Waals surface area (Å²) in [7, 11) is 0. The highest BCUT2D eigenvalue weighted by Crippen LogP contribution is 2.19. The van der Waals surface area contributed by atoms with Crippen molar-refractivity contribution in [1.29, 1.82) is 0 Å². The van der Waals surface area contributed by atoms with Crippen LogP contribution in [0.5, 0.6) is 0 Å². The molecule has 1 heteroatoms. The largest absolute Gasteiger partial charge is 0.295 e. The van der Waals surface area contributed by atoms with E-state index in [0.29, 0.717) is 0 Å². The average Bonchev–Trinajstić information content (AvgIpc) is 2.40. The second-order valence-electron chi connectivity index (χ2n) is 4.90. The molecule has 0 radical (unpaired) electrons. The predicted octanol–water partition coefficient (Wildman–Crippen LogP) is 4.01. The third-order valence-corrected chi connectivity index (χ3v) is 3.51. The summed E-state index contributed by atoms with van der Waals surface area (Å²) in [6.45, 7) is 5.62. The molecule has 2 rings (SSSR count). The molecule has 0 spiro atoms. The van der Waals surface area contributed by atoms with E-state index in [2.05, 4.69) is 48.2 Å². The summed E-state index contributed by atoms with van der Waals surface area (Å²) in [6.07, 6.45) is 7.82. The maximum atomic E-state index is 2.53.